The van der Waals surface area contributed by atoms with Crippen LogP contribution >= 0.6 is 0 Å². The van der Waals surface area contributed by atoms with Crippen molar-refractivity contribution in [3.05, 3.63) is 83.3 Å². The van der Waals surface area contributed by atoms with Crippen molar-refractivity contribution in [1.82, 2.24) is 4.57 Å². The summed E-state index contributed by atoms with van der Waals surface area (Å²) in [4.78, 5) is 3.66. The number of hydrogen-bond acceptors (Lipinski definition) is 2. The van der Waals surface area contributed by atoms with Gasteiger partial charge in [-0.3, -0.25) is 0 Å². The molecule has 4 nitrogen and oxygen atoms in total. The lowest BCUT2D eigenvalue weighted by Gasteiger charge is -2.09. The number of fused-ring (bicyclic) bond motifs is 1. The zero-order valence-electron chi connectivity index (χ0n) is 16.2. The first-order valence-corrected chi connectivity index (χ1v) is 9.06. The second-order valence-electron chi connectivity index (χ2n) is 6.90. The van der Waals surface area contributed by atoms with E-state index in [0.29, 0.717) is 5.69 Å². The number of anilines is 1. The Kier molecular flexibility index (Phi) is 4.29. The molecule has 1 heterocycles. The van der Waals surface area contributed by atoms with Gasteiger partial charge >= 0.3 is 0 Å². The maximum Gasteiger partial charge on any atom is 0.188 e. The van der Waals surface area contributed by atoms with Crippen LogP contribution in [0.15, 0.2) is 60.8 Å². The number of benzene rings is 3. The number of aryl methyl sites for hydroxylation is 1. The quantitative estimate of drug-likeness (QED) is 0.353. The maximum absolute atomic E-state index is 7.47. The lowest BCUT2D eigenvalue weighted by molar-refractivity contribution is 0.415. The molecule has 0 bridgehead atoms. The highest BCUT2D eigenvalue weighted by Gasteiger charge is 2.16. The number of aromatic nitrogens is 1. The van der Waals surface area contributed by atoms with Crippen LogP contribution in [0.1, 0.15) is 11.1 Å². The fraction of sp³-hybridized carbons (Fsp3) is 0.125. The van der Waals surface area contributed by atoms with E-state index >= 15 is 0 Å². The zero-order chi connectivity index (χ0) is 19.8. The minimum Gasteiger partial charge on any atom is -0.497 e. The minimum atomic E-state index is 0.639. The van der Waals surface area contributed by atoms with Gasteiger partial charge in [0.2, 0.25) is 0 Å². The van der Waals surface area contributed by atoms with Gasteiger partial charge in [0.25, 0.3) is 0 Å². The summed E-state index contributed by atoms with van der Waals surface area (Å²) in [5.41, 5.74) is 14.0. The molecule has 3 aromatic carbocycles. The lowest BCUT2D eigenvalue weighted by atomic mass is 9.98. The van der Waals surface area contributed by atoms with Crippen molar-refractivity contribution in [2.24, 2.45) is 0 Å². The van der Waals surface area contributed by atoms with Crippen LogP contribution in [0.2, 0.25) is 0 Å². The lowest BCUT2D eigenvalue weighted by Crippen LogP contribution is -1.94. The molecule has 0 unspecified atom stereocenters. The SMILES string of the molecule is [C-]#[N+]c1cc(C)c2c(c1)c(-c1cccc(N)c1C)cn2-c1ccc(OC)cc1. The van der Waals surface area contributed by atoms with Gasteiger partial charge < -0.3 is 15.0 Å². The average molecular weight is 367 g/mol. The molecule has 4 aromatic rings. The van der Waals surface area contributed by atoms with Crippen molar-refractivity contribution < 1.29 is 4.74 Å². The molecule has 0 fully saturated rings. The summed E-state index contributed by atoms with van der Waals surface area (Å²) in [6.45, 7) is 11.6. The monoisotopic (exact) mass is 367 g/mol. The fourth-order valence-corrected chi connectivity index (χ4v) is 3.72. The molecule has 0 aliphatic carbocycles. The summed E-state index contributed by atoms with van der Waals surface area (Å²) < 4.78 is 7.47. The minimum absolute atomic E-state index is 0.639. The largest absolute Gasteiger partial charge is 0.497 e. The van der Waals surface area contributed by atoms with Gasteiger partial charge in [0.15, 0.2) is 5.69 Å². The van der Waals surface area contributed by atoms with Crippen molar-refractivity contribution >= 4 is 22.3 Å². The second-order valence-corrected chi connectivity index (χ2v) is 6.90. The Morgan fingerprint density at radius 1 is 1.00 bits per heavy atom. The third-order valence-corrected chi connectivity index (χ3v) is 5.22. The van der Waals surface area contributed by atoms with Crippen molar-refractivity contribution in [3.8, 4) is 22.6 Å². The molecule has 4 rings (SSSR count). The normalized spacial score (nSPS) is 10.8. The van der Waals surface area contributed by atoms with Gasteiger partial charge in [0, 0.05) is 23.1 Å². The summed E-state index contributed by atoms with van der Waals surface area (Å²) in [5.74, 6) is 0.819. The maximum atomic E-state index is 7.47. The highest BCUT2D eigenvalue weighted by molar-refractivity contribution is 6.01. The van der Waals surface area contributed by atoms with Crippen LogP contribution in [0, 0.1) is 20.4 Å². The van der Waals surface area contributed by atoms with Crippen molar-refractivity contribution in [2.45, 2.75) is 13.8 Å². The first-order chi connectivity index (χ1) is 13.5. The Hall–Kier alpha value is -3.71. The summed E-state index contributed by atoms with van der Waals surface area (Å²) in [6.07, 6.45) is 2.13. The Balaban J connectivity index is 2.06. The number of ether oxygens (including phenoxy) is 1. The average Bonchev–Trinajstić information content (AvgIpc) is 3.10. The molecule has 1 aromatic heterocycles. The molecular weight excluding hydrogens is 346 g/mol. The van der Waals surface area contributed by atoms with Crippen LogP contribution in [-0.2, 0) is 0 Å². The number of hydrogen-bond donors (Lipinski definition) is 1. The molecule has 0 aliphatic rings. The number of rotatable bonds is 3. The molecular formula is C24H21N3O. The van der Waals surface area contributed by atoms with Crippen LogP contribution in [-0.4, -0.2) is 11.7 Å². The van der Waals surface area contributed by atoms with Gasteiger partial charge in [-0.05, 0) is 72.3 Å². The smallest absolute Gasteiger partial charge is 0.188 e. The molecule has 0 atom stereocenters. The van der Waals surface area contributed by atoms with E-state index in [1.165, 1.54) is 0 Å². The van der Waals surface area contributed by atoms with E-state index in [0.717, 1.165) is 50.3 Å². The van der Waals surface area contributed by atoms with Crippen molar-refractivity contribution in [2.75, 3.05) is 12.8 Å². The molecule has 0 saturated heterocycles. The van der Waals surface area contributed by atoms with Gasteiger partial charge in [-0.15, -0.1) is 0 Å². The third kappa shape index (κ3) is 2.78. The van der Waals surface area contributed by atoms with E-state index in [4.69, 9.17) is 17.0 Å². The number of nitrogens with two attached hydrogens (primary N) is 1. The molecule has 0 saturated carbocycles. The molecule has 0 spiro atoms. The molecule has 2 N–H and O–H groups in total. The highest BCUT2D eigenvalue weighted by atomic mass is 16.5. The van der Waals surface area contributed by atoms with Crippen LogP contribution in [0.5, 0.6) is 5.75 Å². The highest BCUT2D eigenvalue weighted by Crippen LogP contribution is 2.39. The molecule has 0 amide bonds. The van der Waals surface area contributed by atoms with E-state index in [1.807, 2.05) is 62.4 Å². The van der Waals surface area contributed by atoms with Crippen LogP contribution in [0.4, 0.5) is 11.4 Å². The first kappa shape index (κ1) is 17.7. The van der Waals surface area contributed by atoms with Crippen LogP contribution < -0.4 is 10.5 Å². The Morgan fingerprint density at radius 2 is 1.75 bits per heavy atom. The Bertz CT molecular complexity index is 1230. The number of nitrogen functional groups attached to an aromatic ring is 1. The fourth-order valence-electron chi connectivity index (χ4n) is 3.72. The standard InChI is InChI=1S/C24H21N3O/c1-15-12-17(26-3)13-21-22(20-6-5-7-23(25)16(20)2)14-27(24(15)21)18-8-10-19(28-4)11-9-18/h5-14H,25H2,1-2,4H3. The van der Waals surface area contributed by atoms with Crippen LogP contribution in [0.3, 0.4) is 0 Å². The van der Waals surface area contributed by atoms with E-state index in [1.54, 1.807) is 7.11 Å². The van der Waals surface area contributed by atoms with E-state index in [-0.39, 0.29) is 0 Å². The molecule has 0 radical (unpaired) electrons. The molecule has 138 valence electrons. The predicted octanol–water partition coefficient (Wildman–Crippen LogP) is 6.06. The first-order valence-electron chi connectivity index (χ1n) is 9.06. The number of methoxy groups -OCH3 is 1. The van der Waals surface area contributed by atoms with Crippen LogP contribution in [0.25, 0.3) is 32.6 Å². The predicted molar refractivity (Wildman–Crippen MR) is 115 cm³/mol. The summed E-state index contributed by atoms with van der Waals surface area (Å²) in [7, 11) is 1.66. The topological polar surface area (TPSA) is 44.5 Å². The molecule has 0 aliphatic heterocycles. The molecule has 28 heavy (non-hydrogen) atoms. The van der Waals surface area contributed by atoms with E-state index in [9.17, 15) is 0 Å². The Labute approximate surface area is 164 Å². The van der Waals surface area contributed by atoms with Gasteiger partial charge in [-0.1, -0.05) is 18.2 Å². The summed E-state index contributed by atoms with van der Waals surface area (Å²) in [5, 5.41) is 1.05. The van der Waals surface area contributed by atoms with E-state index < -0.39 is 0 Å². The van der Waals surface area contributed by atoms with Crippen molar-refractivity contribution in [1.29, 1.82) is 0 Å². The van der Waals surface area contributed by atoms with Gasteiger partial charge in [0.05, 0.1) is 19.2 Å². The van der Waals surface area contributed by atoms with Gasteiger partial charge in [-0.25, -0.2) is 4.85 Å². The molecule has 4 heteroatoms. The van der Waals surface area contributed by atoms with Gasteiger partial charge in [0.1, 0.15) is 5.75 Å². The number of nitrogens with zero attached hydrogens (tertiary/aromatic N) is 2. The zero-order valence-corrected chi connectivity index (χ0v) is 16.2. The van der Waals surface area contributed by atoms with Gasteiger partial charge in [-0.2, -0.15) is 0 Å². The summed E-state index contributed by atoms with van der Waals surface area (Å²) in [6, 6.07) is 17.9. The summed E-state index contributed by atoms with van der Waals surface area (Å²) >= 11 is 0. The third-order valence-electron chi connectivity index (χ3n) is 5.22. The second kappa shape index (κ2) is 6.79. The van der Waals surface area contributed by atoms with E-state index in [2.05, 4.69) is 21.7 Å². The van der Waals surface area contributed by atoms with Crippen molar-refractivity contribution in [3.63, 3.8) is 0 Å². The Morgan fingerprint density at radius 3 is 2.43 bits per heavy atom.